The minimum atomic E-state index is 0.399. The Balaban J connectivity index is 2.81. The third kappa shape index (κ3) is 3.56. The molecule has 100 valence electrons. The molecular formula is C13H21N3S2. The van der Waals surface area contributed by atoms with Gasteiger partial charge in [0.2, 0.25) is 0 Å². The second-order valence-electron chi connectivity index (χ2n) is 4.61. The molecule has 0 radical (unpaired) electrons. The SMILES string of the molecule is CCC(C)CC(C)Nc1sc(C#N)c(N)c1SC. The lowest BCUT2D eigenvalue weighted by molar-refractivity contribution is 0.484. The van der Waals surface area contributed by atoms with Gasteiger partial charge in [-0.3, -0.25) is 0 Å². The highest BCUT2D eigenvalue weighted by Crippen LogP contribution is 2.41. The first-order valence-electron chi connectivity index (χ1n) is 6.16. The molecule has 1 aromatic heterocycles. The van der Waals surface area contributed by atoms with Gasteiger partial charge in [-0.15, -0.1) is 23.1 Å². The molecule has 3 N–H and O–H groups in total. The van der Waals surface area contributed by atoms with E-state index in [4.69, 9.17) is 11.0 Å². The number of anilines is 2. The summed E-state index contributed by atoms with van der Waals surface area (Å²) < 4.78 is 0. The highest BCUT2D eigenvalue weighted by atomic mass is 32.2. The maximum absolute atomic E-state index is 9.01. The number of hydrogen-bond acceptors (Lipinski definition) is 5. The standard InChI is InChI=1S/C13H21N3S2/c1-5-8(2)6-9(3)16-13-12(17-4)11(15)10(7-14)18-13/h8-9,16H,5-6,15H2,1-4H3. The van der Waals surface area contributed by atoms with Crippen LogP contribution in [0.2, 0.25) is 0 Å². The van der Waals surface area contributed by atoms with E-state index in [1.54, 1.807) is 11.8 Å². The molecule has 5 heteroatoms. The first-order chi connectivity index (χ1) is 8.53. The summed E-state index contributed by atoms with van der Waals surface area (Å²) in [6, 6.07) is 2.55. The van der Waals surface area contributed by atoms with Crippen molar-refractivity contribution in [1.82, 2.24) is 0 Å². The molecule has 0 aliphatic carbocycles. The first kappa shape index (κ1) is 15.2. The van der Waals surface area contributed by atoms with Crippen molar-refractivity contribution in [2.75, 3.05) is 17.3 Å². The lowest BCUT2D eigenvalue weighted by Gasteiger charge is -2.18. The number of nitrogen functional groups attached to an aromatic ring is 1. The number of nitrogens with two attached hydrogens (primary N) is 1. The fourth-order valence-electron chi connectivity index (χ4n) is 1.86. The second-order valence-corrected chi connectivity index (χ2v) is 6.45. The van der Waals surface area contributed by atoms with E-state index in [1.807, 2.05) is 6.26 Å². The van der Waals surface area contributed by atoms with Gasteiger partial charge in [-0.05, 0) is 25.5 Å². The molecule has 0 aliphatic heterocycles. The Bertz CT molecular complexity index is 434. The van der Waals surface area contributed by atoms with Crippen molar-refractivity contribution in [1.29, 1.82) is 5.26 Å². The van der Waals surface area contributed by atoms with Crippen LogP contribution < -0.4 is 11.1 Å². The van der Waals surface area contributed by atoms with E-state index in [1.165, 1.54) is 17.8 Å². The maximum atomic E-state index is 9.01. The van der Waals surface area contributed by atoms with Gasteiger partial charge in [-0.2, -0.15) is 5.26 Å². The molecule has 0 aliphatic rings. The average molecular weight is 283 g/mol. The van der Waals surface area contributed by atoms with Gasteiger partial charge in [0.25, 0.3) is 0 Å². The number of thiophene rings is 1. The molecule has 1 rings (SSSR count). The molecule has 0 aromatic carbocycles. The van der Waals surface area contributed by atoms with E-state index >= 15 is 0 Å². The van der Waals surface area contributed by atoms with Gasteiger partial charge >= 0.3 is 0 Å². The highest BCUT2D eigenvalue weighted by molar-refractivity contribution is 7.99. The molecule has 0 spiro atoms. The van der Waals surface area contributed by atoms with E-state index in [0.29, 0.717) is 22.5 Å². The summed E-state index contributed by atoms with van der Waals surface area (Å²) in [5, 5.41) is 13.5. The third-order valence-electron chi connectivity index (χ3n) is 3.04. The Hall–Kier alpha value is -0.860. The summed E-state index contributed by atoms with van der Waals surface area (Å²) in [4.78, 5) is 1.62. The van der Waals surface area contributed by atoms with Crippen LogP contribution in [0, 0.1) is 17.2 Å². The van der Waals surface area contributed by atoms with Crippen molar-refractivity contribution >= 4 is 33.8 Å². The number of rotatable bonds is 6. The predicted octanol–water partition coefficient (Wildman–Crippen LogP) is 4.16. The number of nitriles is 1. The predicted molar refractivity (Wildman–Crippen MR) is 82.4 cm³/mol. The van der Waals surface area contributed by atoms with Crippen LogP contribution in [0.3, 0.4) is 0 Å². The van der Waals surface area contributed by atoms with Crippen LogP contribution in [-0.4, -0.2) is 12.3 Å². The van der Waals surface area contributed by atoms with Crippen molar-refractivity contribution in [3.05, 3.63) is 4.88 Å². The third-order valence-corrected chi connectivity index (χ3v) is 5.04. The number of hydrogen-bond donors (Lipinski definition) is 2. The molecular weight excluding hydrogens is 262 g/mol. The van der Waals surface area contributed by atoms with Crippen molar-refractivity contribution in [2.45, 2.75) is 44.6 Å². The molecule has 0 bridgehead atoms. The molecule has 0 amide bonds. The summed E-state index contributed by atoms with van der Waals surface area (Å²) in [5.74, 6) is 0.706. The molecule has 0 saturated carbocycles. The number of nitrogens with one attached hydrogen (secondary N) is 1. The van der Waals surface area contributed by atoms with Crippen LogP contribution >= 0.6 is 23.1 Å². The Morgan fingerprint density at radius 1 is 1.50 bits per heavy atom. The summed E-state index contributed by atoms with van der Waals surface area (Å²) in [5.41, 5.74) is 6.57. The van der Waals surface area contributed by atoms with Crippen LogP contribution in [0.1, 0.15) is 38.5 Å². The number of nitrogens with zero attached hydrogens (tertiary/aromatic N) is 1. The highest BCUT2D eigenvalue weighted by Gasteiger charge is 2.17. The Kier molecular flexibility index (Phi) is 5.83. The van der Waals surface area contributed by atoms with E-state index in [2.05, 4.69) is 32.2 Å². The van der Waals surface area contributed by atoms with Crippen LogP contribution in [0.5, 0.6) is 0 Å². The molecule has 0 saturated heterocycles. The molecule has 0 fully saturated rings. The zero-order chi connectivity index (χ0) is 13.7. The monoisotopic (exact) mass is 283 g/mol. The van der Waals surface area contributed by atoms with Gasteiger partial charge in [0.05, 0.1) is 10.6 Å². The zero-order valence-corrected chi connectivity index (χ0v) is 13.0. The maximum Gasteiger partial charge on any atom is 0.131 e. The molecule has 18 heavy (non-hydrogen) atoms. The fraction of sp³-hybridized carbons (Fsp3) is 0.615. The minimum absolute atomic E-state index is 0.399. The lowest BCUT2D eigenvalue weighted by atomic mass is 10.0. The van der Waals surface area contributed by atoms with E-state index in [9.17, 15) is 0 Å². The fourth-order valence-corrected chi connectivity index (χ4v) is 3.79. The van der Waals surface area contributed by atoms with Crippen LogP contribution in [0.25, 0.3) is 0 Å². The van der Waals surface area contributed by atoms with Gasteiger partial charge in [0, 0.05) is 6.04 Å². The zero-order valence-electron chi connectivity index (χ0n) is 11.4. The van der Waals surface area contributed by atoms with E-state index in [-0.39, 0.29) is 0 Å². The lowest BCUT2D eigenvalue weighted by Crippen LogP contribution is -2.17. The quantitative estimate of drug-likeness (QED) is 0.769. The molecule has 1 heterocycles. The van der Waals surface area contributed by atoms with E-state index in [0.717, 1.165) is 16.3 Å². The molecule has 2 atom stereocenters. The molecule has 2 unspecified atom stereocenters. The van der Waals surface area contributed by atoms with Crippen molar-refractivity contribution < 1.29 is 0 Å². The minimum Gasteiger partial charge on any atom is -0.396 e. The van der Waals surface area contributed by atoms with Crippen molar-refractivity contribution in [3.8, 4) is 6.07 Å². The largest absolute Gasteiger partial charge is 0.396 e. The van der Waals surface area contributed by atoms with Crippen LogP contribution in [0.4, 0.5) is 10.7 Å². The van der Waals surface area contributed by atoms with Gasteiger partial charge < -0.3 is 11.1 Å². The average Bonchev–Trinajstić information content (AvgIpc) is 2.64. The molecule has 3 nitrogen and oxygen atoms in total. The number of thioether (sulfide) groups is 1. The normalized spacial score (nSPS) is 13.9. The smallest absolute Gasteiger partial charge is 0.131 e. The van der Waals surface area contributed by atoms with Crippen LogP contribution in [0.15, 0.2) is 4.90 Å². The van der Waals surface area contributed by atoms with E-state index < -0.39 is 0 Å². The first-order valence-corrected chi connectivity index (χ1v) is 8.20. The van der Waals surface area contributed by atoms with Crippen LogP contribution in [-0.2, 0) is 0 Å². The Labute approximate surface area is 118 Å². The van der Waals surface area contributed by atoms with Gasteiger partial charge in [0.1, 0.15) is 15.9 Å². The van der Waals surface area contributed by atoms with Gasteiger partial charge in [-0.1, -0.05) is 20.3 Å². The molecule has 1 aromatic rings. The summed E-state index contributed by atoms with van der Waals surface area (Å²) in [6.07, 6.45) is 4.31. The topological polar surface area (TPSA) is 61.8 Å². The summed E-state index contributed by atoms with van der Waals surface area (Å²) >= 11 is 3.05. The Morgan fingerprint density at radius 2 is 2.17 bits per heavy atom. The second kappa shape index (κ2) is 6.91. The summed E-state index contributed by atoms with van der Waals surface area (Å²) in [6.45, 7) is 6.65. The van der Waals surface area contributed by atoms with Crippen molar-refractivity contribution in [3.63, 3.8) is 0 Å². The van der Waals surface area contributed by atoms with Gasteiger partial charge in [-0.25, -0.2) is 0 Å². The van der Waals surface area contributed by atoms with Crippen molar-refractivity contribution in [2.24, 2.45) is 5.92 Å². The van der Waals surface area contributed by atoms with Gasteiger partial charge in [0.15, 0.2) is 0 Å². The Morgan fingerprint density at radius 3 is 2.67 bits per heavy atom. The summed E-state index contributed by atoms with van der Waals surface area (Å²) in [7, 11) is 0.